The number of anilines is 1. The smallest absolute Gasteiger partial charge is 0.338 e. The quantitative estimate of drug-likeness (QED) is 0.232. The molecule has 5 rings (SSSR count). The van der Waals surface area contributed by atoms with E-state index in [0.29, 0.717) is 34.7 Å². The van der Waals surface area contributed by atoms with Crippen molar-refractivity contribution in [1.82, 2.24) is 14.8 Å². The summed E-state index contributed by atoms with van der Waals surface area (Å²) >= 11 is 1.55. The number of hydrogen-bond donors (Lipinski definition) is 1. The van der Waals surface area contributed by atoms with Crippen LogP contribution in [0, 0.1) is 6.92 Å². The second-order valence-corrected chi connectivity index (χ2v) is 9.78. The number of ether oxygens (including phenoxy) is 2. The summed E-state index contributed by atoms with van der Waals surface area (Å²) in [4.78, 5) is 17.6. The van der Waals surface area contributed by atoms with Gasteiger partial charge in [0.2, 0.25) is 11.1 Å². The van der Waals surface area contributed by atoms with Crippen LogP contribution in [-0.4, -0.2) is 27.8 Å². The Morgan fingerprint density at radius 2 is 1.78 bits per heavy atom. The Balaban J connectivity index is 1.44. The maximum absolute atomic E-state index is 12.9. The molecule has 0 spiro atoms. The van der Waals surface area contributed by atoms with E-state index < -0.39 is 12.0 Å². The number of hydrogen-bond acceptors (Lipinski definition) is 7. The molecule has 2 heterocycles. The van der Waals surface area contributed by atoms with Gasteiger partial charge in [0.05, 0.1) is 12.7 Å². The molecule has 0 bridgehead atoms. The lowest BCUT2D eigenvalue weighted by Gasteiger charge is -2.28. The molecular formula is C29H28N4O3S. The molecule has 8 heteroatoms. The van der Waals surface area contributed by atoms with Crippen molar-refractivity contribution in [3.8, 4) is 5.75 Å². The molecule has 0 fully saturated rings. The Kier molecular flexibility index (Phi) is 7.28. The van der Waals surface area contributed by atoms with Crippen molar-refractivity contribution in [2.45, 2.75) is 37.4 Å². The highest BCUT2D eigenvalue weighted by atomic mass is 32.2. The van der Waals surface area contributed by atoms with Crippen molar-refractivity contribution in [1.29, 1.82) is 0 Å². The topological polar surface area (TPSA) is 78.3 Å². The van der Waals surface area contributed by atoms with E-state index >= 15 is 0 Å². The summed E-state index contributed by atoms with van der Waals surface area (Å²) in [7, 11) is 1.39. The normalized spacial score (nSPS) is 14.6. The number of benzene rings is 3. The average Bonchev–Trinajstić information content (AvgIpc) is 3.33. The van der Waals surface area contributed by atoms with E-state index in [-0.39, 0.29) is 0 Å². The molecule has 7 nitrogen and oxygen atoms in total. The van der Waals surface area contributed by atoms with Gasteiger partial charge in [0.15, 0.2) is 0 Å². The first-order valence-electron chi connectivity index (χ1n) is 12.0. The molecule has 1 aliphatic rings. The maximum atomic E-state index is 12.9. The van der Waals surface area contributed by atoms with E-state index in [1.54, 1.807) is 16.4 Å². The molecule has 0 aliphatic carbocycles. The van der Waals surface area contributed by atoms with Crippen LogP contribution in [0.2, 0.25) is 0 Å². The van der Waals surface area contributed by atoms with Gasteiger partial charge < -0.3 is 14.8 Å². The summed E-state index contributed by atoms with van der Waals surface area (Å²) in [6.07, 6.45) is 0. The first kappa shape index (κ1) is 24.6. The number of carbonyl (C=O) groups is 1. The lowest BCUT2D eigenvalue weighted by molar-refractivity contribution is -0.136. The van der Waals surface area contributed by atoms with E-state index in [9.17, 15) is 4.79 Å². The molecule has 1 atom stereocenters. The van der Waals surface area contributed by atoms with Crippen LogP contribution < -0.4 is 10.1 Å². The van der Waals surface area contributed by atoms with E-state index in [1.807, 2.05) is 49.4 Å². The third-order valence-electron chi connectivity index (χ3n) is 6.15. The highest BCUT2D eigenvalue weighted by Crippen LogP contribution is 2.38. The van der Waals surface area contributed by atoms with Gasteiger partial charge in [-0.25, -0.2) is 9.48 Å². The van der Waals surface area contributed by atoms with Crippen LogP contribution in [0.15, 0.2) is 95.3 Å². The first-order valence-corrected chi connectivity index (χ1v) is 13.0. The monoisotopic (exact) mass is 512 g/mol. The molecule has 0 amide bonds. The van der Waals surface area contributed by atoms with Gasteiger partial charge in [0.25, 0.3) is 0 Å². The maximum Gasteiger partial charge on any atom is 0.338 e. The van der Waals surface area contributed by atoms with Gasteiger partial charge in [-0.15, -0.1) is 5.10 Å². The Labute approximate surface area is 220 Å². The molecule has 37 heavy (non-hydrogen) atoms. The van der Waals surface area contributed by atoms with Gasteiger partial charge in [-0.3, -0.25) is 0 Å². The minimum atomic E-state index is -0.509. The van der Waals surface area contributed by atoms with E-state index in [4.69, 9.17) is 19.6 Å². The summed E-state index contributed by atoms with van der Waals surface area (Å²) < 4.78 is 13.0. The number of nitrogens with one attached hydrogen (secondary N) is 1. The molecular weight excluding hydrogens is 484 g/mol. The third-order valence-corrected chi connectivity index (χ3v) is 7.06. The second kappa shape index (κ2) is 10.9. The van der Waals surface area contributed by atoms with Crippen molar-refractivity contribution < 1.29 is 14.3 Å². The fourth-order valence-electron chi connectivity index (χ4n) is 4.22. The number of thioether (sulfide) groups is 1. The molecule has 1 unspecified atom stereocenters. The van der Waals surface area contributed by atoms with Crippen LogP contribution in [-0.2, 0) is 21.9 Å². The number of aromatic nitrogens is 3. The molecule has 0 saturated heterocycles. The zero-order valence-electron chi connectivity index (χ0n) is 21.0. The van der Waals surface area contributed by atoms with Gasteiger partial charge in [-0.1, -0.05) is 84.1 Å². The van der Waals surface area contributed by atoms with Crippen LogP contribution in [0.25, 0.3) is 0 Å². The fraction of sp³-hybridized carbons (Fsp3) is 0.207. The molecule has 1 aromatic heterocycles. The minimum Gasteiger partial charge on any atom is -0.489 e. The number of carbonyl (C=O) groups excluding carboxylic acids is 1. The predicted octanol–water partition coefficient (Wildman–Crippen LogP) is 5.92. The van der Waals surface area contributed by atoms with Gasteiger partial charge in [0, 0.05) is 11.4 Å². The van der Waals surface area contributed by atoms with Crippen LogP contribution in [0.1, 0.15) is 35.2 Å². The summed E-state index contributed by atoms with van der Waals surface area (Å²) in [5, 5.41) is 8.64. The second-order valence-electron chi connectivity index (χ2n) is 8.84. The number of methoxy groups -OCH3 is 1. The van der Waals surface area contributed by atoms with E-state index in [1.165, 1.54) is 18.2 Å². The molecule has 188 valence electrons. The number of fused-ring (bicyclic) bond motifs is 1. The number of nitrogens with zero attached hydrogens (tertiary/aromatic N) is 3. The van der Waals surface area contributed by atoms with Crippen molar-refractivity contribution in [3.05, 3.63) is 112 Å². The van der Waals surface area contributed by atoms with Crippen LogP contribution in [0.4, 0.5) is 5.95 Å². The predicted molar refractivity (Wildman–Crippen MR) is 144 cm³/mol. The molecule has 3 aromatic carbocycles. The highest BCUT2D eigenvalue weighted by Gasteiger charge is 2.35. The van der Waals surface area contributed by atoms with Crippen molar-refractivity contribution in [3.63, 3.8) is 0 Å². The zero-order valence-corrected chi connectivity index (χ0v) is 21.8. The summed E-state index contributed by atoms with van der Waals surface area (Å²) in [6, 6.07) is 25.7. The van der Waals surface area contributed by atoms with Gasteiger partial charge >= 0.3 is 5.97 Å². The lowest BCUT2D eigenvalue weighted by atomic mass is 9.95. The van der Waals surface area contributed by atoms with Crippen LogP contribution in [0.3, 0.4) is 0 Å². The summed E-state index contributed by atoms with van der Waals surface area (Å²) in [5.74, 6) is 1.62. The van der Waals surface area contributed by atoms with Gasteiger partial charge in [0.1, 0.15) is 18.4 Å². The highest BCUT2D eigenvalue weighted by molar-refractivity contribution is 7.98. The van der Waals surface area contributed by atoms with Crippen molar-refractivity contribution in [2.24, 2.45) is 0 Å². The molecule has 4 aromatic rings. The van der Waals surface area contributed by atoms with Gasteiger partial charge in [-0.2, -0.15) is 4.98 Å². The SMILES string of the molecule is COC(=O)C1=C(C)Nc2nc(SCc3ccccc3)nn2C1c1cccc(OCc2ccc(C)cc2)c1. The standard InChI is InChI=1S/C29H28N4O3S/c1-19-12-14-21(15-13-19)17-36-24-11-7-10-23(16-24)26-25(27(34)35-3)20(2)30-28-31-29(32-33(26)28)37-18-22-8-5-4-6-9-22/h4-16,26H,17-18H2,1-3H3,(H,30,31,32). The average molecular weight is 513 g/mol. The number of esters is 1. The minimum absolute atomic E-state index is 0.416. The van der Waals surface area contributed by atoms with Crippen LogP contribution in [0.5, 0.6) is 5.75 Å². The third kappa shape index (κ3) is 5.54. The number of allylic oxidation sites excluding steroid dienone is 1. The molecule has 1 N–H and O–H groups in total. The lowest BCUT2D eigenvalue weighted by Crippen LogP contribution is -2.29. The Morgan fingerprint density at radius 1 is 1.00 bits per heavy atom. The largest absolute Gasteiger partial charge is 0.489 e. The van der Waals surface area contributed by atoms with E-state index in [2.05, 4.69) is 48.6 Å². The Bertz CT molecular complexity index is 1430. The first-order chi connectivity index (χ1) is 18.0. The van der Waals surface area contributed by atoms with E-state index in [0.717, 1.165) is 16.9 Å². The van der Waals surface area contributed by atoms with Crippen molar-refractivity contribution >= 4 is 23.7 Å². The fourth-order valence-corrected chi connectivity index (χ4v) is 5.01. The molecule has 1 aliphatic heterocycles. The Morgan fingerprint density at radius 3 is 2.54 bits per heavy atom. The van der Waals surface area contributed by atoms with Gasteiger partial charge in [-0.05, 0) is 42.7 Å². The Hall–Kier alpha value is -4.04. The van der Waals surface area contributed by atoms with Crippen LogP contribution >= 0.6 is 11.8 Å². The zero-order chi connectivity index (χ0) is 25.8. The number of aryl methyl sites for hydroxylation is 1. The summed E-state index contributed by atoms with van der Waals surface area (Å²) in [5.41, 5.74) is 5.50. The molecule has 0 radical (unpaired) electrons. The van der Waals surface area contributed by atoms with Crippen molar-refractivity contribution in [2.75, 3.05) is 12.4 Å². The number of rotatable bonds is 8. The molecule has 0 saturated carbocycles. The summed E-state index contributed by atoms with van der Waals surface area (Å²) in [6.45, 7) is 4.36.